The number of ether oxygens (including phenoxy) is 1. The highest BCUT2D eigenvalue weighted by atomic mass is 16.5. The molecular weight excluding hydrogens is 260 g/mol. The Morgan fingerprint density at radius 1 is 0.810 bits per heavy atom. The average Bonchev–Trinajstić information content (AvgIpc) is 2.44. The lowest BCUT2D eigenvalue weighted by atomic mass is 10.0. The molecule has 0 bridgehead atoms. The summed E-state index contributed by atoms with van der Waals surface area (Å²) in [6.45, 7) is 7.38. The fourth-order valence-electron chi connectivity index (χ4n) is 2.49. The molecule has 0 rings (SSSR count). The van der Waals surface area contributed by atoms with Gasteiger partial charge in [0.15, 0.2) is 0 Å². The number of hydrogen-bond acceptors (Lipinski definition) is 2. The summed E-state index contributed by atoms with van der Waals surface area (Å²) >= 11 is 0. The van der Waals surface area contributed by atoms with E-state index in [0.29, 0.717) is 13.0 Å². The lowest BCUT2D eigenvalue weighted by Crippen LogP contribution is -2.05. The molecule has 2 heteroatoms. The van der Waals surface area contributed by atoms with Crippen LogP contribution in [0.15, 0.2) is 0 Å². The quantitative estimate of drug-likeness (QED) is 0.263. The average molecular weight is 299 g/mol. The molecule has 0 saturated heterocycles. The molecule has 0 N–H and O–H groups in total. The third kappa shape index (κ3) is 17.4. The van der Waals surface area contributed by atoms with E-state index in [1.54, 1.807) is 0 Å². The highest BCUT2D eigenvalue weighted by Gasteiger charge is 2.01. The van der Waals surface area contributed by atoms with Crippen molar-refractivity contribution in [2.45, 2.75) is 104 Å². The van der Waals surface area contributed by atoms with Crippen molar-refractivity contribution >= 4 is 5.97 Å². The minimum Gasteiger partial charge on any atom is -0.466 e. The molecule has 0 heterocycles. The SMILES string of the molecule is CCCCCC(=O)OCCCCCCCCCCC(C)C. The van der Waals surface area contributed by atoms with Gasteiger partial charge in [0.1, 0.15) is 0 Å². The van der Waals surface area contributed by atoms with E-state index < -0.39 is 0 Å². The Balaban J connectivity index is 3.10. The predicted octanol–water partition coefficient (Wildman–Crippen LogP) is 6.28. The van der Waals surface area contributed by atoms with E-state index in [9.17, 15) is 4.79 Å². The van der Waals surface area contributed by atoms with Gasteiger partial charge in [-0.25, -0.2) is 0 Å². The van der Waals surface area contributed by atoms with Crippen LogP contribution in [-0.2, 0) is 9.53 Å². The number of rotatable bonds is 15. The summed E-state index contributed by atoms with van der Waals surface area (Å²) in [6.07, 6.45) is 15.7. The van der Waals surface area contributed by atoms with Crippen LogP contribution < -0.4 is 0 Å². The predicted molar refractivity (Wildman–Crippen MR) is 91.5 cm³/mol. The smallest absolute Gasteiger partial charge is 0.305 e. The third-order valence-electron chi connectivity index (χ3n) is 3.92. The number of carbonyl (C=O) groups is 1. The molecule has 0 radical (unpaired) electrons. The second-order valence-electron chi connectivity index (χ2n) is 6.69. The molecule has 21 heavy (non-hydrogen) atoms. The van der Waals surface area contributed by atoms with Crippen molar-refractivity contribution in [2.75, 3.05) is 6.61 Å². The monoisotopic (exact) mass is 298 g/mol. The van der Waals surface area contributed by atoms with Gasteiger partial charge in [-0.15, -0.1) is 0 Å². The van der Waals surface area contributed by atoms with Gasteiger partial charge in [-0.05, 0) is 18.8 Å². The Morgan fingerprint density at radius 3 is 1.95 bits per heavy atom. The maximum atomic E-state index is 11.4. The van der Waals surface area contributed by atoms with Gasteiger partial charge < -0.3 is 4.74 Å². The summed E-state index contributed by atoms with van der Waals surface area (Å²) in [6, 6.07) is 0. The van der Waals surface area contributed by atoms with Gasteiger partial charge in [0.2, 0.25) is 0 Å². The Labute approximate surface area is 133 Å². The van der Waals surface area contributed by atoms with Gasteiger partial charge in [0, 0.05) is 6.42 Å². The number of esters is 1. The molecule has 0 atom stereocenters. The van der Waals surface area contributed by atoms with Crippen LogP contribution in [0.25, 0.3) is 0 Å². The van der Waals surface area contributed by atoms with Gasteiger partial charge in [-0.3, -0.25) is 4.79 Å². The van der Waals surface area contributed by atoms with Crippen LogP contribution >= 0.6 is 0 Å². The van der Waals surface area contributed by atoms with Crippen LogP contribution in [0.1, 0.15) is 104 Å². The van der Waals surface area contributed by atoms with Crippen molar-refractivity contribution in [1.82, 2.24) is 0 Å². The van der Waals surface area contributed by atoms with Gasteiger partial charge in [0.25, 0.3) is 0 Å². The zero-order chi connectivity index (χ0) is 15.8. The normalized spacial score (nSPS) is 11.0. The molecule has 2 nitrogen and oxygen atoms in total. The van der Waals surface area contributed by atoms with Gasteiger partial charge in [-0.2, -0.15) is 0 Å². The lowest BCUT2D eigenvalue weighted by Gasteiger charge is -2.05. The largest absolute Gasteiger partial charge is 0.466 e. The van der Waals surface area contributed by atoms with Crippen molar-refractivity contribution in [2.24, 2.45) is 5.92 Å². The Hall–Kier alpha value is -0.530. The molecule has 0 saturated carbocycles. The summed E-state index contributed by atoms with van der Waals surface area (Å²) in [4.78, 5) is 11.4. The molecule has 0 aliphatic rings. The van der Waals surface area contributed by atoms with Crippen LogP contribution in [0.3, 0.4) is 0 Å². The molecule has 0 aliphatic carbocycles. The highest BCUT2D eigenvalue weighted by Crippen LogP contribution is 2.12. The summed E-state index contributed by atoms with van der Waals surface area (Å²) in [5.41, 5.74) is 0. The van der Waals surface area contributed by atoms with Crippen molar-refractivity contribution < 1.29 is 9.53 Å². The minimum atomic E-state index is -0.00592. The topological polar surface area (TPSA) is 26.3 Å². The molecule has 0 aromatic carbocycles. The van der Waals surface area contributed by atoms with E-state index in [0.717, 1.165) is 31.6 Å². The molecule has 0 aromatic heterocycles. The van der Waals surface area contributed by atoms with Crippen LogP contribution in [0.2, 0.25) is 0 Å². The van der Waals surface area contributed by atoms with Gasteiger partial charge in [-0.1, -0.05) is 85.0 Å². The fourth-order valence-corrected chi connectivity index (χ4v) is 2.49. The maximum Gasteiger partial charge on any atom is 0.305 e. The number of unbranched alkanes of at least 4 members (excludes halogenated alkanes) is 9. The summed E-state index contributed by atoms with van der Waals surface area (Å²) < 4.78 is 5.23. The Morgan fingerprint density at radius 2 is 1.38 bits per heavy atom. The second kappa shape index (κ2) is 15.9. The molecule has 126 valence electrons. The lowest BCUT2D eigenvalue weighted by molar-refractivity contribution is -0.143. The molecule has 0 spiro atoms. The minimum absolute atomic E-state index is 0.00592. The molecule has 0 amide bonds. The third-order valence-corrected chi connectivity index (χ3v) is 3.92. The number of carbonyl (C=O) groups excluding carboxylic acids is 1. The van der Waals surface area contributed by atoms with Crippen LogP contribution in [0, 0.1) is 5.92 Å². The standard InChI is InChI=1S/C19H38O2/c1-4-5-12-16-19(20)21-17-14-11-9-7-6-8-10-13-15-18(2)3/h18H,4-17H2,1-3H3. The van der Waals surface area contributed by atoms with Gasteiger partial charge in [0.05, 0.1) is 6.61 Å². The van der Waals surface area contributed by atoms with E-state index in [1.807, 2.05) is 0 Å². The highest BCUT2D eigenvalue weighted by molar-refractivity contribution is 5.69. The molecule has 0 unspecified atom stereocenters. The fraction of sp³-hybridized carbons (Fsp3) is 0.947. The first kappa shape index (κ1) is 20.5. The Kier molecular flexibility index (Phi) is 15.5. The van der Waals surface area contributed by atoms with E-state index in [-0.39, 0.29) is 5.97 Å². The first-order valence-corrected chi connectivity index (χ1v) is 9.32. The van der Waals surface area contributed by atoms with E-state index >= 15 is 0 Å². The molecule has 0 aromatic rings. The van der Waals surface area contributed by atoms with E-state index in [2.05, 4.69) is 20.8 Å². The zero-order valence-corrected chi connectivity index (χ0v) is 14.8. The van der Waals surface area contributed by atoms with Crippen molar-refractivity contribution in [3.05, 3.63) is 0 Å². The summed E-state index contributed by atoms with van der Waals surface area (Å²) in [7, 11) is 0. The summed E-state index contributed by atoms with van der Waals surface area (Å²) in [5.74, 6) is 0.850. The van der Waals surface area contributed by atoms with Crippen LogP contribution in [0.4, 0.5) is 0 Å². The van der Waals surface area contributed by atoms with Crippen molar-refractivity contribution in [3.8, 4) is 0 Å². The van der Waals surface area contributed by atoms with Crippen LogP contribution in [-0.4, -0.2) is 12.6 Å². The van der Waals surface area contributed by atoms with Gasteiger partial charge >= 0.3 is 5.97 Å². The van der Waals surface area contributed by atoms with Crippen molar-refractivity contribution in [1.29, 1.82) is 0 Å². The van der Waals surface area contributed by atoms with Crippen LogP contribution in [0.5, 0.6) is 0 Å². The first-order valence-electron chi connectivity index (χ1n) is 9.32. The Bertz CT molecular complexity index is 224. The first-order chi connectivity index (χ1) is 10.2. The zero-order valence-electron chi connectivity index (χ0n) is 14.8. The summed E-state index contributed by atoms with van der Waals surface area (Å²) in [5, 5.41) is 0. The molecule has 0 fully saturated rings. The maximum absolute atomic E-state index is 11.4. The van der Waals surface area contributed by atoms with E-state index in [1.165, 1.54) is 51.4 Å². The molecule has 0 aliphatic heterocycles. The van der Waals surface area contributed by atoms with E-state index in [4.69, 9.17) is 4.74 Å². The number of hydrogen-bond donors (Lipinski definition) is 0. The second-order valence-corrected chi connectivity index (χ2v) is 6.69. The molecular formula is C19H38O2. The van der Waals surface area contributed by atoms with Crippen molar-refractivity contribution in [3.63, 3.8) is 0 Å².